The molecule has 0 saturated heterocycles. The lowest BCUT2D eigenvalue weighted by atomic mass is 9.91. The average molecular weight is 252 g/mol. The monoisotopic (exact) mass is 252 g/mol. The van der Waals surface area contributed by atoms with Crippen molar-refractivity contribution in [1.29, 1.82) is 0 Å². The van der Waals surface area contributed by atoms with E-state index in [1.165, 1.54) is 12.8 Å². The molecule has 6 heteroatoms. The summed E-state index contributed by atoms with van der Waals surface area (Å²) in [5.41, 5.74) is 6.09. The van der Waals surface area contributed by atoms with Crippen molar-refractivity contribution in [2.45, 2.75) is 37.8 Å². The van der Waals surface area contributed by atoms with Crippen LogP contribution in [0.15, 0.2) is 6.07 Å². The largest absolute Gasteiger partial charge is 0.481 e. The Morgan fingerprint density at radius 3 is 2.33 bits per heavy atom. The molecule has 0 bridgehead atoms. The number of aromatic nitrogens is 2. The topological polar surface area (TPSA) is 82.3 Å². The number of hydrogen-bond donors (Lipinski definition) is 2. The number of ether oxygens (including phenoxy) is 2. The van der Waals surface area contributed by atoms with E-state index in [1.807, 2.05) is 0 Å². The maximum atomic E-state index is 6.09. The molecule has 1 aliphatic carbocycles. The maximum absolute atomic E-state index is 6.09. The first-order valence-electron chi connectivity index (χ1n) is 6.22. The molecule has 0 radical (unpaired) electrons. The van der Waals surface area contributed by atoms with E-state index >= 15 is 0 Å². The molecule has 1 fully saturated rings. The highest BCUT2D eigenvalue weighted by Gasteiger charge is 2.22. The highest BCUT2D eigenvalue weighted by Crippen LogP contribution is 2.22. The second kappa shape index (κ2) is 5.86. The number of nitrogens with two attached hydrogens (primary N) is 1. The average Bonchev–Trinajstić information content (AvgIpc) is 2.41. The minimum atomic E-state index is 0.152. The predicted molar refractivity (Wildman–Crippen MR) is 69.0 cm³/mol. The van der Waals surface area contributed by atoms with Gasteiger partial charge in [0.2, 0.25) is 17.7 Å². The Kier molecular flexibility index (Phi) is 4.19. The minimum absolute atomic E-state index is 0.152. The van der Waals surface area contributed by atoms with Crippen LogP contribution in [0.3, 0.4) is 0 Å². The fourth-order valence-corrected chi connectivity index (χ4v) is 2.18. The lowest BCUT2D eigenvalue weighted by Gasteiger charge is -2.29. The molecule has 0 amide bonds. The number of methoxy groups -OCH3 is 2. The van der Waals surface area contributed by atoms with Gasteiger partial charge in [0.25, 0.3) is 0 Å². The number of nitrogens with one attached hydrogen (secondary N) is 1. The molecule has 2 atom stereocenters. The second-order valence-electron chi connectivity index (χ2n) is 4.48. The Bertz CT molecular complexity index is 377. The van der Waals surface area contributed by atoms with Crippen LogP contribution in [0.1, 0.15) is 25.7 Å². The zero-order chi connectivity index (χ0) is 13.0. The van der Waals surface area contributed by atoms with Crippen molar-refractivity contribution in [3.63, 3.8) is 0 Å². The highest BCUT2D eigenvalue weighted by molar-refractivity contribution is 5.35. The van der Waals surface area contributed by atoms with Gasteiger partial charge in [-0.05, 0) is 12.8 Å². The van der Waals surface area contributed by atoms with Gasteiger partial charge in [0.15, 0.2) is 0 Å². The smallest absolute Gasteiger partial charge is 0.229 e. The summed E-state index contributed by atoms with van der Waals surface area (Å²) < 4.78 is 10.2. The molecule has 100 valence electrons. The third-order valence-corrected chi connectivity index (χ3v) is 3.23. The fraction of sp³-hybridized carbons (Fsp3) is 0.667. The summed E-state index contributed by atoms with van der Waals surface area (Å²) >= 11 is 0. The zero-order valence-electron chi connectivity index (χ0n) is 10.8. The van der Waals surface area contributed by atoms with Crippen LogP contribution >= 0.6 is 0 Å². The first-order chi connectivity index (χ1) is 8.72. The van der Waals surface area contributed by atoms with Gasteiger partial charge in [0.1, 0.15) is 0 Å². The van der Waals surface area contributed by atoms with Gasteiger partial charge in [-0.1, -0.05) is 12.8 Å². The SMILES string of the molecule is COc1cc(OC)nc(N[C@@H]2CCCC[C@H]2N)n1. The Hall–Kier alpha value is -1.56. The number of nitrogens with zero attached hydrogens (tertiary/aromatic N) is 2. The van der Waals surface area contributed by atoms with E-state index in [9.17, 15) is 0 Å². The van der Waals surface area contributed by atoms with Crippen molar-refractivity contribution in [3.8, 4) is 11.8 Å². The summed E-state index contributed by atoms with van der Waals surface area (Å²) in [7, 11) is 3.13. The second-order valence-corrected chi connectivity index (χ2v) is 4.48. The molecule has 6 nitrogen and oxygen atoms in total. The lowest BCUT2D eigenvalue weighted by molar-refractivity contribution is 0.369. The van der Waals surface area contributed by atoms with Crippen molar-refractivity contribution < 1.29 is 9.47 Å². The normalized spacial score (nSPS) is 23.5. The molecule has 1 aromatic rings. The molecule has 0 unspecified atom stereocenters. The van der Waals surface area contributed by atoms with E-state index < -0.39 is 0 Å². The van der Waals surface area contributed by atoms with Crippen LogP contribution in [0.4, 0.5) is 5.95 Å². The van der Waals surface area contributed by atoms with Crippen LogP contribution in [-0.2, 0) is 0 Å². The summed E-state index contributed by atoms with van der Waals surface area (Å²) in [5.74, 6) is 1.47. The van der Waals surface area contributed by atoms with E-state index in [0.717, 1.165) is 12.8 Å². The van der Waals surface area contributed by atoms with E-state index in [2.05, 4.69) is 15.3 Å². The summed E-state index contributed by atoms with van der Waals surface area (Å²) in [6.07, 6.45) is 4.47. The van der Waals surface area contributed by atoms with Crippen molar-refractivity contribution >= 4 is 5.95 Å². The van der Waals surface area contributed by atoms with Crippen LogP contribution in [-0.4, -0.2) is 36.3 Å². The van der Waals surface area contributed by atoms with E-state index in [0.29, 0.717) is 17.7 Å². The first-order valence-corrected chi connectivity index (χ1v) is 6.22. The Labute approximate surface area is 107 Å². The summed E-state index contributed by atoms with van der Waals surface area (Å²) in [5, 5.41) is 3.27. The molecule has 0 aromatic carbocycles. The van der Waals surface area contributed by atoms with E-state index in [4.69, 9.17) is 15.2 Å². The van der Waals surface area contributed by atoms with Gasteiger partial charge in [0.05, 0.1) is 20.3 Å². The number of rotatable bonds is 4. The third kappa shape index (κ3) is 3.01. The van der Waals surface area contributed by atoms with Crippen molar-refractivity contribution in [2.24, 2.45) is 5.73 Å². The van der Waals surface area contributed by atoms with Crippen LogP contribution in [0.2, 0.25) is 0 Å². The van der Waals surface area contributed by atoms with Crippen LogP contribution in [0.5, 0.6) is 11.8 Å². The fourth-order valence-electron chi connectivity index (χ4n) is 2.18. The number of anilines is 1. The van der Waals surface area contributed by atoms with Crippen molar-refractivity contribution in [1.82, 2.24) is 9.97 Å². The zero-order valence-corrected chi connectivity index (χ0v) is 10.8. The van der Waals surface area contributed by atoms with Gasteiger partial charge in [-0.15, -0.1) is 0 Å². The Morgan fingerprint density at radius 1 is 1.17 bits per heavy atom. The molecule has 2 rings (SSSR count). The van der Waals surface area contributed by atoms with Crippen LogP contribution in [0.25, 0.3) is 0 Å². The predicted octanol–water partition coefficient (Wildman–Crippen LogP) is 1.18. The molecule has 1 aliphatic rings. The van der Waals surface area contributed by atoms with Crippen molar-refractivity contribution in [2.75, 3.05) is 19.5 Å². The Balaban J connectivity index is 2.12. The molecule has 1 saturated carbocycles. The summed E-state index contributed by atoms with van der Waals surface area (Å²) in [6, 6.07) is 2.02. The third-order valence-electron chi connectivity index (χ3n) is 3.23. The van der Waals surface area contributed by atoms with Gasteiger partial charge in [-0.2, -0.15) is 9.97 Å². The molecule has 3 N–H and O–H groups in total. The Morgan fingerprint density at radius 2 is 1.78 bits per heavy atom. The summed E-state index contributed by atoms with van der Waals surface area (Å²) in [6.45, 7) is 0. The molecule has 1 aromatic heterocycles. The minimum Gasteiger partial charge on any atom is -0.481 e. The van der Waals surface area contributed by atoms with E-state index in [1.54, 1.807) is 20.3 Å². The van der Waals surface area contributed by atoms with Gasteiger partial charge in [-0.3, -0.25) is 0 Å². The van der Waals surface area contributed by atoms with E-state index in [-0.39, 0.29) is 12.1 Å². The maximum Gasteiger partial charge on any atom is 0.229 e. The van der Waals surface area contributed by atoms with Crippen LogP contribution < -0.4 is 20.5 Å². The van der Waals surface area contributed by atoms with Gasteiger partial charge in [0, 0.05) is 12.1 Å². The van der Waals surface area contributed by atoms with Gasteiger partial charge < -0.3 is 20.5 Å². The molecule has 18 heavy (non-hydrogen) atoms. The molecule has 1 heterocycles. The lowest BCUT2D eigenvalue weighted by Crippen LogP contribution is -2.42. The quantitative estimate of drug-likeness (QED) is 0.837. The van der Waals surface area contributed by atoms with Gasteiger partial charge >= 0.3 is 0 Å². The molecule has 0 aliphatic heterocycles. The molecule has 0 spiro atoms. The van der Waals surface area contributed by atoms with Crippen molar-refractivity contribution in [3.05, 3.63) is 6.07 Å². The van der Waals surface area contributed by atoms with Crippen LogP contribution in [0, 0.1) is 0 Å². The molecular weight excluding hydrogens is 232 g/mol. The first kappa shape index (κ1) is 12.9. The standard InChI is InChI=1S/C12H20N4O2/c1-17-10-7-11(18-2)16-12(15-10)14-9-6-4-3-5-8(9)13/h7-9H,3-6,13H2,1-2H3,(H,14,15,16)/t8-,9-/m1/s1. The highest BCUT2D eigenvalue weighted by atomic mass is 16.5. The molecular formula is C12H20N4O2. The van der Waals surface area contributed by atoms with Gasteiger partial charge in [-0.25, -0.2) is 0 Å². The summed E-state index contributed by atoms with van der Waals surface area (Å²) in [4.78, 5) is 8.50. The number of hydrogen-bond acceptors (Lipinski definition) is 6.